The Hall–Kier alpha value is 0.110. The van der Waals surface area contributed by atoms with Gasteiger partial charge in [-0.2, -0.15) is 4.67 Å². The molecular formula is C5H13O4P. The molecule has 5 heteroatoms. The lowest BCUT2D eigenvalue weighted by atomic mass is 10.5. The third-order valence-corrected chi connectivity index (χ3v) is 1.33. The highest BCUT2D eigenvalue weighted by Gasteiger charge is 2.00. The maximum Gasteiger partial charge on any atom is 0.347 e. The van der Waals surface area contributed by atoms with Gasteiger partial charge in [-0.05, 0) is 20.8 Å². The van der Waals surface area contributed by atoms with Gasteiger partial charge in [-0.1, -0.05) is 0 Å². The predicted molar refractivity (Wildman–Crippen MR) is 37.9 cm³/mol. The normalized spacial score (nSPS) is 14.0. The molecule has 0 rings (SSSR count). The molecule has 0 spiro atoms. The standard InChI is InChI=1S/C5H13O4P/c1-4-7-10(6)9-8-5(2)3/h5,10H,4H2,1-3H3. The summed E-state index contributed by atoms with van der Waals surface area (Å²) in [7, 11) is -2.41. The van der Waals surface area contributed by atoms with Crippen molar-refractivity contribution in [1.29, 1.82) is 0 Å². The summed E-state index contributed by atoms with van der Waals surface area (Å²) >= 11 is 0. The van der Waals surface area contributed by atoms with Gasteiger partial charge in [0.25, 0.3) is 0 Å². The maximum absolute atomic E-state index is 10.6. The van der Waals surface area contributed by atoms with Crippen molar-refractivity contribution in [3.63, 3.8) is 0 Å². The van der Waals surface area contributed by atoms with Gasteiger partial charge in [-0.3, -0.25) is 4.57 Å². The number of hydrogen-bond donors (Lipinski definition) is 0. The largest absolute Gasteiger partial charge is 0.347 e. The van der Waals surface area contributed by atoms with Gasteiger partial charge in [0, 0.05) is 0 Å². The highest BCUT2D eigenvalue weighted by Crippen LogP contribution is 2.23. The molecule has 0 amide bonds. The molecule has 10 heavy (non-hydrogen) atoms. The summed E-state index contributed by atoms with van der Waals surface area (Å²) in [5.74, 6) is 0. The van der Waals surface area contributed by atoms with Crippen LogP contribution in [0.2, 0.25) is 0 Å². The Morgan fingerprint density at radius 2 is 2.10 bits per heavy atom. The maximum atomic E-state index is 10.6. The minimum Gasteiger partial charge on any atom is -0.309 e. The van der Waals surface area contributed by atoms with Gasteiger partial charge in [0.1, 0.15) is 0 Å². The van der Waals surface area contributed by atoms with Crippen molar-refractivity contribution in [1.82, 2.24) is 0 Å². The molecule has 0 aromatic heterocycles. The van der Waals surface area contributed by atoms with Gasteiger partial charge in [0.05, 0.1) is 12.7 Å². The average Bonchev–Trinajstić information content (AvgIpc) is 1.85. The zero-order valence-electron chi connectivity index (χ0n) is 6.42. The van der Waals surface area contributed by atoms with Crippen molar-refractivity contribution in [3.05, 3.63) is 0 Å². The first-order valence-electron chi connectivity index (χ1n) is 3.17. The van der Waals surface area contributed by atoms with Gasteiger partial charge < -0.3 is 4.52 Å². The third kappa shape index (κ3) is 6.23. The van der Waals surface area contributed by atoms with E-state index in [1.807, 2.05) is 0 Å². The molecular weight excluding hydrogens is 155 g/mol. The Morgan fingerprint density at radius 1 is 1.50 bits per heavy atom. The summed E-state index contributed by atoms with van der Waals surface area (Å²) < 4.78 is 19.5. The molecule has 0 heterocycles. The Kier molecular flexibility index (Phi) is 5.93. The van der Waals surface area contributed by atoms with E-state index in [0.29, 0.717) is 6.61 Å². The minimum absolute atomic E-state index is 0.0885. The molecule has 0 aliphatic rings. The Morgan fingerprint density at radius 3 is 2.50 bits per heavy atom. The first kappa shape index (κ1) is 10.1. The summed E-state index contributed by atoms with van der Waals surface area (Å²) in [4.78, 5) is 4.56. The van der Waals surface area contributed by atoms with E-state index < -0.39 is 8.25 Å². The Labute approximate surface area is 61.3 Å². The fraction of sp³-hybridized carbons (Fsp3) is 1.00. The molecule has 0 aromatic carbocycles. The van der Waals surface area contributed by atoms with E-state index in [9.17, 15) is 4.57 Å². The lowest BCUT2D eigenvalue weighted by molar-refractivity contribution is -0.237. The molecule has 1 unspecified atom stereocenters. The van der Waals surface area contributed by atoms with Crippen LogP contribution in [0.4, 0.5) is 0 Å². The number of rotatable bonds is 5. The monoisotopic (exact) mass is 168 g/mol. The second-order valence-electron chi connectivity index (χ2n) is 1.91. The van der Waals surface area contributed by atoms with E-state index >= 15 is 0 Å². The smallest absolute Gasteiger partial charge is 0.309 e. The first-order valence-corrected chi connectivity index (χ1v) is 4.39. The third-order valence-electron chi connectivity index (χ3n) is 0.571. The summed E-state index contributed by atoms with van der Waals surface area (Å²) in [5.41, 5.74) is 0. The highest BCUT2D eigenvalue weighted by molar-refractivity contribution is 7.33. The van der Waals surface area contributed by atoms with Crippen LogP contribution in [-0.4, -0.2) is 12.7 Å². The fourth-order valence-corrected chi connectivity index (χ4v) is 0.832. The molecule has 0 bridgehead atoms. The molecule has 0 fully saturated rings. The van der Waals surface area contributed by atoms with Crippen molar-refractivity contribution in [2.75, 3.05) is 6.61 Å². The van der Waals surface area contributed by atoms with Crippen LogP contribution in [0.25, 0.3) is 0 Å². The van der Waals surface area contributed by atoms with Crippen molar-refractivity contribution >= 4 is 8.25 Å². The molecule has 0 aliphatic carbocycles. The van der Waals surface area contributed by atoms with Crippen molar-refractivity contribution < 1.29 is 18.7 Å². The highest BCUT2D eigenvalue weighted by atomic mass is 31.1. The van der Waals surface area contributed by atoms with Crippen LogP contribution in [0, 0.1) is 0 Å². The van der Waals surface area contributed by atoms with Crippen LogP contribution < -0.4 is 0 Å². The van der Waals surface area contributed by atoms with Gasteiger partial charge in [-0.15, -0.1) is 0 Å². The topological polar surface area (TPSA) is 44.8 Å². The Balaban J connectivity index is 3.22. The molecule has 0 N–H and O–H groups in total. The Bertz CT molecular complexity index is 104. The molecule has 62 valence electrons. The molecule has 0 aliphatic heterocycles. The van der Waals surface area contributed by atoms with E-state index in [1.165, 1.54) is 0 Å². The predicted octanol–water partition coefficient (Wildman–Crippen LogP) is 1.77. The fourth-order valence-electron chi connectivity index (χ4n) is 0.277. The quantitative estimate of drug-likeness (QED) is 0.356. The van der Waals surface area contributed by atoms with Crippen molar-refractivity contribution in [2.45, 2.75) is 26.9 Å². The summed E-state index contributed by atoms with van der Waals surface area (Å²) in [6.45, 7) is 5.67. The van der Waals surface area contributed by atoms with Crippen molar-refractivity contribution in [3.8, 4) is 0 Å². The van der Waals surface area contributed by atoms with Crippen LogP contribution in [0.15, 0.2) is 0 Å². The van der Waals surface area contributed by atoms with Crippen LogP contribution in [0.5, 0.6) is 0 Å². The zero-order chi connectivity index (χ0) is 7.98. The molecule has 0 saturated carbocycles. The summed E-state index contributed by atoms with van der Waals surface area (Å²) in [5, 5.41) is 0. The van der Waals surface area contributed by atoms with Crippen LogP contribution >= 0.6 is 8.25 Å². The van der Waals surface area contributed by atoms with E-state index in [1.54, 1.807) is 20.8 Å². The zero-order valence-corrected chi connectivity index (χ0v) is 7.42. The van der Waals surface area contributed by atoms with E-state index in [4.69, 9.17) is 0 Å². The van der Waals surface area contributed by atoms with Crippen molar-refractivity contribution in [2.24, 2.45) is 0 Å². The van der Waals surface area contributed by atoms with E-state index in [0.717, 1.165) is 0 Å². The molecule has 1 atom stereocenters. The van der Waals surface area contributed by atoms with Crippen LogP contribution in [0.1, 0.15) is 20.8 Å². The van der Waals surface area contributed by atoms with E-state index in [2.05, 4.69) is 14.1 Å². The lowest BCUT2D eigenvalue weighted by Crippen LogP contribution is -1.99. The van der Waals surface area contributed by atoms with E-state index in [-0.39, 0.29) is 6.10 Å². The summed E-state index contributed by atoms with van der Waals surface area (Å²) in [6, 6.07) is 0. The molecule has 0 saturated heterocycles. The summed E-state index contributed by atoms with van der Waals surface area (Å²) in [6.07, 6.45) is -0.0885. The van der Waals surface area contributed by atoms with Gasteiger partial charge in [0.15, 0.2) is 0 Å². The van der Waals surface area contributed by atoms with Gasteiger partial charge in [-0.25, -0.2) is 4.89 Å². The second kappa shape index (κ2) is 5.86. The van der Waals surface area contributed by atoms with Gasteiger partial charge in [0.2, 0.25) is 0 Å². The van der Waals surface area contributed by atoms with Crippen LogP contribution in [-0.2, 0) is 18.7 Å². The molecule has 0 aromatic rings. The average molecular weight is 168 g/mol. The number of hydrogen-bond acceptors (Lipinski definition) is 4. The molecule has 4 nitrogen and oxygen atoms in total. The SMILES string of the molecule is CCO[PH](=O)OOC(C)C. The molecule has 0 radical (unpaired) electrons. The van der Waals surface area contributed by atoms with Gasteiger partial charge >= 0.3 is 8.25 Å². The lowest BCUT2D eigenvalue weighted by Gasteiger charge is -2.04. The first-order chi connectivity index (χ1) is 4.66. The minimum atomic E-state index is -2.41. The second-order valence-corrected chi connectivity index (χ2v) is 2.87. The van der Waals surface area contributed by atoms with Crippen LogP contribution in [0.3, 0.4) is 0 Å².